The summed E-state index contributed by atoms with van der Waals surface area (Å²) in [5, 5.41) is 2.94. The molecule has 1 fully saturated rings. The molecule has 2 rings (SSSR count). The number of ether oxygens (including phenoxy) is 3. The van der Waals surface area contributed by atoms with Crippen LogP contribution in [0.1, 0.15) is 29.6 Å². The summed E-state index contributed by atoms with van der Waals surface area (Å²) in [5.74, 6) is 1.55. The monoisotopic (exact) mass is 364 g/mol. The van der Waals surface area contributed by atoms with E-state index >= 15 is 0 Å². The van der Waals surface area contributed by atoms with Crippen LogP contribution in [0.4, 0.5) is 0 Å². The van der Waals surface area contributed by atoms with Crippen LogP contribution in [0.25, 0.3) is 0 Å². The van der Waals surface area contributed by atoms with Gasteiger partial charge in [0.25, 0.3) is 5.91 Å². The Morgan fingerprint density at radius 3 is 2.42 bits per heavy atom. The highest BCUT2D eigenvalue weighted by Crippen LogP contribution is 2.28. The molecule has 0 saturated carbocycles. The van der Waals surface area contributed by atoms with Crippen LogP contribution in [0.2, 0.25) is 0 Å². The lowest BCUT2D eigenvalue weighted by Crippen LogP contribution is -2.41. The molecule has 144 valence electrons. The van der Waals surface area contributed by atoms with E-state index in [4.69, 9.17) is 14.2 Å². The van der Waals surface area contributed by atoms with Crippen LogP contribution in [0.3, 0.4) is 0 Å². The van der Waals surface area contributed by atoms with E-state index in [0.717, 1.165) is 12.8 Å². The van der Waals surface area contributed by atoms with Crippen molar-refractivity contribution in [1.29, 1.82) is 0 Å². The summed E-state index contributed by atoms with van der Waals surface area (Å²) < 4.78 is 15.4. The maximum Gasteiger partial charge on any atom is 0.253 e. The minimum atomic E-state index is -0.00599. The largest absolute Gasteiger partial charge is 0.493 e. The standard InChI is InChI=1S/C19H28N2O5/c1-24-11-8-18(22)20-13-14-6-9-21(10-7-14)19(23)15-4-5-16(25-2)17(12-15)26-3/h4-5,12,14H,6-11,13H2,1-3H3,(H,20,22). The van der Waals surface area contributed by atoms with Crippen molar-refractivity contribution in [2.75, 3.05) is 47.6 Å². The van der Waals surface area contributed by atoms with Crippen molar-refractivity contribution < 1.29 is 23.8 Å². The van der Waals surface area contributed by atoms with Crippen molar-refractivity contribution in [2.45, 2.75) is 19.3 Å². The van der Waals surface area contributed by atoms with Gasteiger partial charge in [0.05, 0.1) is 20.8 Å². The maximum absolute atomic E-state index is 12.7. The summed E-state index contributed by atoms with van der Waals surface area (Å²) in [5.41, 5.74) is 0.592. The molecule has 0 aliphatic carbocycles. The van der Waals surface area contributed by atoms with Crippen molar-refractivity contribution in [1.82, 2.24) is 10.2 Å². The van der Waals surface area contributed by atoms with Gasteiger partial charge in [0.1, 0.15) is 0 Å². The van der Waals surface area contributed by atoms with E-state index in [9.17, 15) is 9.59 Å². The van der Waals surface area contributed by atoms with Gasteiger partial charge in [0.15, 0.2) is 11.5 Å². The summed E-state index contributed by atoms with van der Waals surface area (Å²) in [7, 11) is 4.70. The van der Waals surface area contributed by atoms with Crippen LogP contribution in [0.5, 0.6) is 11.5 Å². The fourth-order valence-electron chi connectivity index (χ4n) is 3.03. The molecule has 0 unspecified atom stereocenters. The highest BCUT2D eigenvalue weighted by molar-refractivity contribution is 5.95. The van der Waals surface area contributed by atoms with Crippen molar-refractivity contribution in [2.24, 2.45) is 5.92 Å². The Bertz CT molecular complexity index is 612. The first-order chi connectivity index (χ1) is 12.6. The van der Waals surface area contributed by atoms with Crippen LogP contribution in [0, 0.1) is 5.92 Å². The number of carbonyl (C=O) groups is 2. The maximum atomic E-state index is 12.7. The number of hydrogen-bond acceptors (Lipinski definition) is 5. The van der Waals surface area contributed by atoms with E-state index in [2.05, 4.69) is 5.32 Å². The summed E-state index contributed by atoms with van der Waals surface area (Å²) in [6, 6.07) is 5.21. The van der Waals surface area contributed by atoms with Crippen molar-refractivity contribution in [3.8, 4) is 11.5 Å². The van der Waals surface area contributed by atoms with Crippen LogP contribution in [-0.4, -0.2) is 64.3 Å². The van der Waals surface area contributed by atoms with Crippen LogP contribution in [-0.2, 0) is 9.53 Å². The van der Waals surface area contributed by atoms with Gasteiger partial charge in [-0.15, -0.1) is 0 Å². The molecule has 0 atom stereocenters. The van der Waals surface area contributed by atoms with Crippen LogP contribution >= 0.6 is 0 Å². The number of hydrogen-bond donors (Lipinski definition) is 1. The Morgan fingerprint density at radius 1 is 1.12 bits per heavy atom. The molecule has 1 aliphatic heterocycles. The second kappa shape index (κ2) is 10.0. The third-order valence-electron chi connectivity index (χ3n) is 4.65. The van der Waals surface area contributed by atoms with E-state index in [1.807, 2.05) is 4.90 Å². The number of nitrogens with one attached hydrogen (secondary N) is 1. The molecule has 1 aliphatic rings. The van der Waals surface area contributed by atoms with Gasteiger partial charge in [-0.3, -0.25) is 9.59 Å². The van der Waals surface area contributed by atoms with Crippen molar-refractivity contribution in [3.05, 3.63) is 23.8 Å². The van der Waals surface area contributed by atoms with E-state index in [1.165, 1.54) is 0 Å². The quantitative estimate of drug-likeness (QED) is 0.760. The lowest BCUT2D eigenvalue weighted by atomic mass is 9.96. The third-order valence-corrected chi connectivity index (χ3v) is 4.65. The summed E-state index contributed by atoms with van der Waals surface area (Å²) >= 11 is 0. The first-order valence-corrected chi connectivity index (χ1v) is 8.86. The molecule has 0 aromatic heterocycles. The molecular formula is C19H28N2O5. The molecule has 1 aromatic carbocycles. The molecule has 7 heteroatoms. The number of likely N-dealkylation sites (tertiary alicyclic amines) is 1. The molecule has 0 radical (unpaired) electrons. The van der Waals surface area contributed by atoms with Crippen molar-refractivity contribution in [3.63, 3.8) is 0 Å². The predicted octanol–water partition coefficient (Wildman–Crippen LogP) is 1.71. The average Bonchev–Trinajstić information content (AvgIpc) is 2.69. The van der Waals surface area contributed by atoms with Gasteiger partial charge in [0, 0.05) is 38.7 Å². The van der Waals surface area contributed by atoms with Gasteiger partial charge in [-0.1, -0.05) is 0 Å². The number of piperidine rings is 1. The van der Waals surface area contributed by atoms with Gasteiger partial charge >= 0.3 is 0 Å². The van der Waals surface area contributed by atoms with Gasteiger partial charge in [-0.25, -0.2) is 0 Å². The van der Waals surface area contributed by atoms with E-state index in [0.29, 0.717) is 55.6 Å². The lowest BCUT2D eigenvalue weighted by Gasteiger charge is -2.32. The number of benzene rings is 1. The fourth-order valence-corrected chi connectivity index (χ4v) is 3.03. The SMILES string of the molecule is COCCC(=O)NCC1CCN(C(=O)c2ccc(OC)c(OC)c2)CC1. The minimum absolute atomic E-state index is 0.00599. The summed E-state index contributed by atoms with van der Waals surface area (Å²) in [6.07, 6.45) is 2.14. The molecule has 2 amide bonds. The fraction of sp³-hybridized carbons (Fsp3) is 0.579. The minimum Gasteiger partial charge on any atom is -0.493 e. The molecule has 1 aromatic rings. The second-order valence-electron chi connectivity index (χ2n) is 6.35. The Morgan fingerprint density at radius 2 is 1.81 bits per heavy atom. The first-order valence-electron chi connectivity index (χ1n) is 8.86. The third kappa shape index (κ3) is 5.36. The van der Waals surface area contributed by atoms with Crippen molar-refractivity contribution >= 4 is 11.8 Å². The number of amides is 2. The second-order valence-corrected chi connectivity index (χ2v) is 6.35. The molecule has 7 nitrogen and oxygen atoms in total. The van der Waals surface area contributed by atoms with E-state index < -0.39 is 0 Å². The Balaban J connectivity index is 1.83. The molecule has 1 N–H and O–H groups in total. The number of carbonyl (C=O) groups excluding carboxylic acids is 2. The molecule has 1 heterocycles. The van der Waals surface area contributed by atoms with Crippen LogP contribution < -0.4 is 14.8 Å². The highest BCUT2D eigenvalue weighted by atomic mass is 16.5. The zero-order valence-corrected chi connectivity index (χ0v) is 15.7. The lowest BCUT2D eigenvalue weighted by molar-refractivity contribution is -0.122. The van der Waals surface area contributed by atoms with Gasteiger partial charge in [-0.05, 0) is 37.0 Å². The van der Waals surface area contributed by atoms with E-state index in [1.54, 1.807) is 39.5 Å². The molecular weight excluding hydrogens is 336 g/mol. The molecule has 0 spiro atoms. The highest BCUT2D eigenvalue weighted by Gasteiger charge is 2.24. The molecule has 26 heavy (non-hydrogen) atoms. The summed E-state index contributed by atoms with van der Waals surface area (Å²) in [6.45, 7) is 2.46. The number of methoxy groups -OCH3 is 3. The zero-order chi connectivity index (χ0) is 18.9. The number of rotatable bonds is 8. The Hall–Kier alpha value is -2.28. The van der Waals surface area contributed by atoms with Gasteiger partial charge in [0.2, 0.25) is 5.91 Å². The Labute approximate surface area is 154 Å². The topological polar surface area (TPSA) is 77.1 Å². The smallest absolute Gasteiger partial charge is 0.253 e. The first kappa shape index (κ1) is 20.0. The van der Waals surface area contributed by atoms with Crippen LogP contribution in [0.15, 0.2) is 18.2 Å². The molecule has 0 bridgehead atoms. The molecule has 1 saturated heterocycles. The van der Waals surface area contributed by atoms with Gasteiger partial charge < -0.3 is 24.4 Å². The predicted molar refractivity (Wildman–Crippen MR) is 97.7 cm³/mol. The average molecular weight is 364 g/mol. The number of nitrogens with zero attached hydrogens (tertiary/aromatic N) is 1. The van der Waals surface area contributed by atoms with E-state index in [-0.39, 0.29) is 11.8 Å². The Kier molecular flexibility index (Phi) is 7.72. The zero-order valence-electron chi connectivity index (χ0n) is 15.7. The normalized spacial score (nSPS) is 14.8. The summed E-state index contributed by atoms with van der Waals surface area (Å²) in [4.78, 5) is 26.2. The van der Waals surface area contributed by atoms with Gasteiger partial charge in [-0.2, -0.15) is 0 Å².